The van der Waals surface area contributed by atoms with E-state index in [4.69, 9.17) is 9.47 Å². The monoisotopic (exact) mass is 397 g/mol. The van der Waals surface area contributed by atoms with Crippen LogP contribution < -0.4 is 10.1 Å². The van der Waals surface area contributed by atoms with Crippen LogP contribution >= 0.6 is 0 Å². The van der Waals surface area contributed by atoms with Crippen LogP contribution in [-0.4, -0.2) is 25.4 Å². The maximum atomic E-state index is 11.4. The van der Waals surface area contributed by atoms with Crippen molar-refractivity contribution in [2.75, 3.05) is 13.2 Å². The summed E-state index contributed by atoms with van der Waals surface area (Å²) in [6, 6.07) is 15.9. The summed E-state index contributed by atoms with van der Waals surface area (Å²) in [4.78, 5) is 22.2. The van der Waals surface area contributed by atoms with Crippen LogP contribution in [0.5, 0.6) is 5.75 Å². The Kier molecular flexibility index (Phi) is 9.93. The van der Waals surface area contributed by atoms with E-state index in [2.05, 4.69) is 12.2 Å². The van der Waals surface area contributed by atoms with Gasteiger partial charge in [-0.15, -0.1) is 0 Å². The van der Waals surface area contributed by atoms with Crippen LogP contribution in [0, 0.1) is 0 Å². The van der Waals surface area contributed by atoms with Gasteiger partial charge in [0.2, 0.25) is 0 Å². The zero-order valence-electron chi connectivity index (χ0n) is 17.4. The molecule has 156 valence electrons. The molecule has 0 spiro atoms. The van der Waals surface area contributed by atoms with Crippen molar-refractivity contribution in [1.82, 2.24) is 5.32 Å². The first-order valence-electron chi connectivity index (χ1n) is 10.3. The van der Waals surface area contributed by atoms with Crippen LogP contribution in [0.2, 0.25) is 0 Å². The number of aldehydes is 1. The number of rotatable bonds is 13. The molecule has 5 heteroatoms. The molecule has 2 rings (SSSR count). The van der Waals surface area contributed by atoms with Gasteiger partial charge in [0.1, 0.15) is 12.4 Å². The van der Waals surface area contributed by atoms with Crippen molar-refractivity contribution in [2.24, 2.45) is 0 Å². The van der Waals surface area contributed by atoms with E-state index in [-0.39, 0.29) is 12.0 Å². The summed E-state index contributed by atoms with van der Waals surface area (Å²) in [5.41, 5.74) is 2.73. The number of hydrogen-bond acceptors (Lipinski definition) is 5. The summed E-state index contributed by atoms with van der Waals surface area (Å²) in [7, 11) is 0. The molecule has 0 aliphatic carbocycles. The van der Waals surface area contributed by atoms with Gasteiger partial charge >= 0.3 is 5.97 Å². The molecular weight excluding hydrogens is 366 g/mol. The minimum atomic E-state index is -0.236. The Morgan fingerprint density at radius 2 is 1.93 bits per heavy atom. The van der Waals surface area contributed by atoms with Gasteiger partial charge in [-0.3, -0.25) is 9.59 Å². The van der Waals surface area contributed by atoms with Gasteiger partial charge in [0, 0.05) is 13.0 Å². The summed E-state index contributed by atoms with van der Waals surface area (Å²) >= 11 is 0. The van der Waals surface area contributed by atoms with Crippen LogP contribution in [0.25, 0.3) is 0 Å². The van der Waals surface area contributed by atoms with E-state index in [1.165, 1.54) is 6.92 Å². The fraction of sp³-hybridized carbons (Fsp3) is 0.417. The lowest BCUT2D eigenvalue weighted by molar-refractivity contribution is -0.141. The fourth-order valence-corrected chi connectivity index (χ4v) is 3.12. The zero-order chi connectivity index (χ0) is 20.9. The van der Waals surface area contributed by atoms with E-state index in [0.717, 1.165) is 49.6 Å². The van der Waals surface area contributed by atoms with Gasteiger partial charge < -0.3 is 14.8 Å². The topological polar surface area (TPSA) is 64.6 Å². The maximum absolute atomic E-state index is 11.4. The molecule has 2 aromatic rings. The molecule has 0 radical (unpaired) electrons. The van der Waals surface area contributed by atoms with Crippen molar-refractivity contribution in [1.29, 1.82) is 0 Å². The molecule has 1 unspecified atom stereocenters. The number of carbonyl (C=O) groups is 2. The van der Waals surface area contributed by atoms with Crippen LogP contribution in [0.1, 0.15) is 67.1 Å². The minimum absolute atomic E-state index is 0.188. The minimum Gasteiger partial charge on any atom is -0.488 e. The molecule has 0 saturated carbocycles. The van der Waals surface area contributed by atoms with Gasteiger partial charge in [0.25, 0.3) is 0 Å². The first kappa shape index (κ1) is 22.6. The molecule has 2 aromatic carbocycles. The van der Waals surface area contributed by atoms with Gasteiger partial charge in [0.15, 0.2) is 6.29 Å². The van der Waals surface area contributed by atoms with Crippen molar-refractivity contribution in [3.05, 3.63) is 65.2 Å². The molecule has 0 heterocycles. The number of benzene rings is 2. The van der Waals surface area contributed by atoms with E-state index in [9.17, 15) is 9.59 Å². The molecule has 0 aromatic heterocycles. The molecular formula is C24H31NO4. The Hall–Kier alpha value is -2.66. The molecule has 1 N–H and O–H groups in total. The predicted molar refractivity (Wildman–Crippen MR) is 114 cm³/mol. The third-order valence-corrected chi connectivity index (χ3v) is 4.65. The van der Waals surface area contributed by atoms with Crippen molar-refractivity contribution < 1.29 is 19.1 Å². The predicted octanol–water partition coefficient (Wildman–Crippen LogP) is 4.85. The zero-order valence-corrected chi connectivity index (χ0v) is 17.4. The van der Waals surface area contributed by atoms with E-state index in [1.54, 1.807) is 0 Å². The Labute approximate surface area is 173 Å². The summed E-state index contributed by atoms with van der Waals surface area (Å²) < 4.78 is 10.9. The highest BCUT2D eigenvalue weighted by Gasteiger charge is 2.13. The summed E-state index contributed by atoms with van der Waals surface area (Å²) in [6.45, 7) is 5.30. The van der Waals surface area contributed by atoms with Crippen LogP contribution in [-0.2, 0) is 16.1 Å². The smallest absolute Gasteiger partial charge is 0.302 e. The third kappa shape index (κ3) is 8.08. The maximum Gasteiger partial charge on any atom is 0.302 e. The van der Waals surface area contributed by atoms with E-state index in [1.807, 2.05) is 48.5 Å². The van der Waals surface area contributed by atoms with Crippen molar-refractivity contribution in [3.63, 3.8) is 0 Å². The molecule has 5 nitrogen and oxygen atoms in total. The molecule has 0 aliphatic heterocycles. The Morgan fingerprint density at radius 1 is 1.14 bits per heavy atom. The molecule has 0 saturated heterocycles. The highest BCUT2D eigenvalue weighted by Crippen LogP contribution is 2.26. The molecule has 0 amide bonds. The van der Waals surface area contributed by atoms with Gasteiger partial charge in [-0.2, -0.15) is 0 Å². The lowest BCUT2D eigenvalue weighted by Gasteiger charge is -2.20. The third-order valence-electron chi connectivity index (χ3n) is 4.65. The lowest BCUT2D eigenvalue weighted by atomic mass is 10.00. The van der Waals surface area contributed by atoms with Crippen molar-refractivity contribution in [2.45, 2.75) is 52.2 Å². The molecule has 1 atom stereocenters. The molecule has 0 aliphatic rings. The van der Waals surface area contributed by atoms with Gasteiger partial charge in [0.05, 0.1) is 12.2 Å². The van der Waals surface area contributed by atoms with Crippen molar-refractivity contribution >= 4 is 12.3 Å². The van der Waals surface area contributed by atoms with E-state index < -0.39 is 0 Å². The Bertz CT molecular complexity index is 761. The van der Waals surface area contributed by atoms with Crippen LogP contribution in [0.15, 0.2) is 48.5 Å². The van der Waals surface area contributed by atoms with E-state index >= 15 is 0 Å². The second kappa shape index (κ2) is 12.7. The largest absolute Gasteiger partial charge is 0.488 e. The average Bonchev–Trinajstić information content (AvgIpc) is 2.74. The van der Waals surface area contributed by atoms with Gasteiger partial charge in [-0.1, -0.05) is 49.7 Å². The number of esters is 1. The van der Waals surface area contributed by atoms with Gasteiger partial charge in [-0.05, 0) is 49.1 Å². The van der Waals surface area contributed by atoms with Crippen LogP contribution in [0.3, 0.4) is 0 Å². The van der Waals surface area contributed by atoms with E-state index in [0.29, 0.717) is 24.5 Å². The molecule has 0 bridgehead atoms. The second-order valence-corrected chi connectivity index (χ2v) is 7.03. The first-order chi connectivity index (χ1) is 14.1. The molecule has 0 fully saturated rings. The second-order valence-electron chi connectivity index (χ2n) is 7.03. The fourth-order valence-electron chi connectivity index (χ4n) is 3.12. The van der Waals surface area contributed by atoms with Crippen LogP contribution in [0.4, 0.5) is 0 Å². The quantitative estimate of drug-likeness (QED) is 0.297. The number of unbranched alkanes of at least 4 members (excludes halogenated alkanes) is 1. The number of hydrogen-bond donors (Lipinski definition) is 1. The van der Waals surface area contributed by atoms with Crippen molar-refractivity contribution in [3.8, 4) is 5.75 Å². The SMILES string of the molecule is CCCC(NCCCCOC(C)=O)c1ccc(C=O)c(OCc2ccccc2)c1. The normalized spacial score (nSPS) is 11.7. The standard InChI is InChI=1S/C24H31NO4/c1-3-9-23(25-14-7-8-15-28-19(2)27)21-12-13-22(17-26)24(16-21)29-18-20-10-5-4-6-11-20/h4-6,10-13,16-17,23,25H,3,7-9,14-15,18H2,1-2H3. The lowest BCUT2D eigenvalue weighted by Crippen LogP contribution is -2.23. The van der Waals surface area contributed by atoms with Gasteiger partial charge in [-0.25, -0.2) is 0 Å². The Balaban J connectivity index is 1.98. The first-order valence-corrected chi connectivity index (χ1v) is 10.3. The summed E-state index contributed by atoms with van der Waals surface area (Å²) in [5.74, 6) is 0.374. The number of carbonyl (C=O) groups excluding carboxylic acids is 2. The summed E-state index contributed by atoms with van der Waals surface area (Å²) in [5, 5.41) is 3.58. The number of ether oxygens (including phenoxy) is 2. The molecule has 29 heavy (non-hydrogen) atoms. The Morgan fingerprint density at radius 3 is 2.62 bits per heavy atom. The highest BCUT2D eigenvalue weighted by atomic mass is 16.5. The highest BCUT2D eigenvalue weighted by molar-refractivity contribution is 5.79. The number of nitrogens with one attached hydrogen (secondary N) is 1. The summed E-state index contributed by atoms with van der Waals surface area (Å²) in [6.07, 6.45) is 4.63. The average molecular weight is 398 g/mol.